The van der Waals surface area contributed by atoms with Crippen molar-refractivity contribution in [1.29, 1.82) is 0 Å². The molecular formula is C29H33FN2O4. The molecule has 190 valence electrons. The number of benzene rings is 1. The number of aromatic nitrogens is 1. The average Bonchev–Trinajstić information content (AvgIpc) is 3.15. The Kier molecular flexibility index (Phi) is 7.08. The molecule has 2 aliphatic carbocycles. The zero-order valence-corrected chi connectivity index (χ0v) is 20.7. The summed E-state index contributed by atoms with van der Waals surface area (Å²) in [6.45, 7) is 4.15. The van der Waals surface area contributed by atoms with Crippen LogP contribution in [0, 0.1) is 35.4 Å². The predicted molar refractivity (Wildman–Crippen MR) is 134 cm³/mol. The summed E-state index contributed by atoms with van der Waals surface area (Å²) >= 11 is 0. The van der Waals surface area contributed by atoms with E-state index in [1.165, 1.54) is 12.1 Å². The highest BCUT2D eigenvalue weighted by atomic mass is 19.1. The van der Waals surface area contributed by atoms with Crippen LogP contribution in [0.15, 0.2) is 48.7 Å². The van der Waals surface area contributed by atoms with Gasteiger partial charge >= 0.3 is 12.1 Å². The van der Waals surface area contributed by atoms with Crippen LogP contribution in [-0.2, 0) is 14.3 Å². The maximum Gasteiger partial charge on any atom is 0.407 e. The molecule has 7 atom stereocenters. The summed E-state index contributed by atoms with van der Waals surface area (Å²) in [7, 11) is 0. The first-order valence-corrected chi connectivity index (χ1v) is 13.0. The third-order valence-electron chi connectivity index (χ3n) is 8.18. The number of pyridine rings is 1. The quantitative estimate of drug-likeness (QED) is 0.548. The zero-order valence-electron chi connectivity index (χ0n) is 20.7. The predicted octanol–water partition coefficient (Wildman–Crippen LogP) is 5.63. The smallest absolute Gasteiger partial charge is 0.407 e. The molecule has 2 aromatic rings. The lowest BCUT2D eigenvalue weighted by Gasteiger charge is -2.47. The highest BCUT2D eigenvalue weighted by molar-refractivity contribution is 5.75. The van der Waals surface area contributed by atoms with Gasteiger partial charge in [0.15, 0.2) is 0 Å². The van der Waals surface area contributed by atoms with Crippen LogP contribution in [0.4, 0.5) is 9.18 Å². The van der Waals surface area contributed by atoms with Gasteiger partial charge in [0.2, 0.25) is 0 Å². The Morgan fingerprint density at radius 3 is 2.83 bits per heavy atom. The molecule has 6 nitrogen and oxygen atoms in total. The lowest BCUT2D eigenvalue weighted by Crippen LogP contribution is -2.48. The Bertz CT molecular complexity index is 1130. The summed E-state index contributed by atoms with van der Waals surface area (Å²) < 4.78 is 24.3. The van der Waals surface area contributed by atoms with Crippen LogP contribution < -0.4 is 5.32 Å². The van der Waals surface area contributed by atoms with E-state index in [1.807, 2.05) is 31.2 Å². The molecule has 7 heteroatoms. The number of carbonyl (C=O) groups excluding carboxylic acids is 2. The number of allylic oxidation sites excluding steroid dienone is 1. The van der Waals surface area contributed by atoms with E-state index < -0.39 is 0 Å². The molecule has 2 saturated carbocycles. The number of hydrogen-bond acceptors (Lipinski definition) is 5. The normalized spacial score (nSPS) is 31.4. The number of alkyl carbamates (subject to hydrolysis) is 1. The minimum Gasteiger partial charge on any atom is -0.462 e. The van der Waals surface area contributed by atoms with E-state index >= 15 is 0 Å². The highest BCUT2D eigenvalue weighted by Crippen LogP contribution is 2.53. The number of halogens is 1. The molecule has 0 spiro atoms. The number of nitrogens with zero attached hydrogens (tertiary/aromatic N) is 1. The number of carbonyl (C=O) groups is 2. The van der Waals surface area contributed by atoms with E-state index in [1.54, 1.807) is 19.2 Å². The van der Waals surface area contributed by atoms with Crippen LogP contribution in [0.1, 0.15) is 45.2 Å². The van der Waals surface area contributed by atoms with Crippen molar-refractivity contribution in [3.8, 4) is 11.1 Å². The highest BCUT2D eigenvalue weighted by Gasteiger charge is 2.54. The first-order chi connectivity index (χ1) is 17.4. The lowest BCUT2D eigenvalue weighted by molar-refractivity contribution is -0.144. The zero-order chi connectivity index (χ0) is 25.2. The van der Waals surface area contributed by atoms with Crippen molar-refractivity contribution >= 4 is 18.1 Å². The van der Waals surface area contributed by atoms with Crippen molar-refractivity contribution in [2.24, 2.45) is 29.6 Å². The first kappa shape index (κ1) is 24.5. The molecule has 36 heavy (non-hydrogen) atoms. The largest absolute Gasteiger partial charge is 0.462 e. The summed E-state index contributed by atoms with van der Waals surface area (Å²) in [5, 5.41) is 3.00. The van der Waals surface area contributed by atoms with Gasteiger partial charge in [-0.1, -0.05) is 24.3 Å². The number of nitrogens with one attached hydrogen (secondary N) is 1. The Labute approximate surface area is 211 Å². The van der Waals surface area contributed by atoms with Gasteiger partial charge in [-0.2, -0.15) is 0 Å². The van der Waals surface area contributed by atoms with Crippen molar-refractivity contribution in [3.63, 3.8) is 0 Å². The van der Waals surface area contributed by atoms with Crippen molar-refractivity contribution in [2.75, 3.05) is 6.61 Å². The lowest BCUT2D eigenvalue weighted by atomic mass is 9.57. The van der Waals surface area contributed by atoms with Gasteiger partial charge in [0.1, 0.15) is 11.9 Å². The Balaban J connectivity index is 1.34. The van der Waals surface area contributed by atoms with Crippen LogP contribution in [0.3, 0.4) is 0 Å². The second-order valence-electron chi connectivity index (χ2n) is 10.3. The van der Waals surface area contributed by atoms with Gasteiger partial charge in [-0.05, 0) is 87.1 Å². The molecule has 3 aliphatic rings. The second kappa shape index (κ2) is 10.4. The van der Waals surface area contributed by atoms with E-state index in [0.717, 1.165) is 42.5 Å². The molecule has 1 saturated heterocycles. The van der Waals surface area contributed by atoms with Gasteiger partial charge in [-0.25, -0.2) is 9.18 Å². The standard InChI is InChI=1S/C29H33FN2O4/c1-3-35-29(34)32-23-10-11-24-20(14-23)15-26-27(17(2)36-28(26)33)25(24)12-9-22-8-7-19(16-31-22)18-5-4-6-21(30)13-18/h4-9,12-13,16-17,20,23-27H,3,10-11,14-15H2,1-2H3,(H,32,34)/t17-,20-,23+,24-,25-,26-,27+/m1/s1. The number of amides is 1. The van der Waals surface area contributed by atoms with Gasteiger partial charge in [-0.15, -0.1) is 0 Å². The van der Waals surface area contributed by atoms with Crippen molar-refractivity contribution in [1.82, 2.24) is 10.3 Å². The fourth-order valence-electron chi connectivity index (χ4n) is 6.64. The molecule has 1 N–H and O–H groups in total. The third-order valence-corrected chi connectivity index (χ3v) is 8.18. The summed E-state index contributed by atoms with van der Waals surface area (Å²) in [4.78, 5) is 29.2. The van der Waals surface area contributed by atoms with E-state index in [-0.39, 0.29) is 47.8 Å². The van der Waals surface area contributed by atoms with Crippen molar-refractivity contribution in [2.45, 2.75) is 51.7 Å². The van der Waals surface area contributed by atoms with Gasteiger partial charge in [0.25, 0.3) is 0 Å². The summed E-state index contributed by atoms with van der Waals surface area (Å²) in [6, 6.07) is 10.4. The molecule has 0 radical (unpaired) electrons. The van der Waals surface area contributed by atoms with E-state index in [0.29, 0.717) is 18.4 Å². The molecule has 1 aliphatic heterocycles. The van der Waals surface area contributed by atoms with Crippen molar-refractivity contribution < 1.29 is 23.5 Å². The maximum absolute atomic E-state index is 13.6. The van der Waals surface area contributed by atoms with Crippen LogP contribution in [-0.4, -0.2) is 35.8 Å². The molecule has 3 fully saturated rings. The van der Waals surface area contributed by atoms with E-state index in [2.05, 4.69) is 16.4 Å². The van der Waals surface area contributed by atoms with Crippen LogP contribution in [0.2, 0.25) is 0 Å². The van der Waals surface area contributed by atoms with E-state index in [4.69, 9.17) is 9.47 Å². The first-order valence-electron chi connectivity index (χ1n) is 13.0. The number of fused-ring (bicyclic) bond motifs is 2. The Hall–Kier alpha value is -3.22. The summed E-state index contributed by atoms with van der Waals surface area (Å²) in [6.07, 6.45) is 9.07. The van der Waals surface area contributed by atoms with Crippen LogP contribution >= 0.6 is 0 Å². The number of esters is 1. The van der Waals surface area contributed by atoms with E-state index in [9.17, 15) is 14.0 Å². The second-order valence-corrected chi connectivity index (χ2v) is 10.3. The fraction of sp³-hybridized carbons (Fsp3) is 0.483. The molecular weight excluding hydrogens is 459 g/mol. The summed E-state index contributed by atoms with van der Waals surface area (Å²) in [5.41, 5.74) is 2.48. The average molecular weight is 493 g/mol. The SMILES string of the molecule is CCOC(=O)N[C@H]1CC[C@@H]2[C@H](C1)C[C@H]1C(=O)O[C@H](C)[C@H]1[C@@H]2C=Cc1ccc(-c2cccc(F)c2)cn1. The number of ether oxygens (including phenoxy) is 2. The molecule has 1 amide bonds. The Morgan fingerprint density at radius 1 is 1.22 bits per heavy atom. The monoisotopic (exact) mass is 492 g/mol. The van der Waals surface area contributed by atoms with Crippen LogP contribution in [0.25, 0.3) is 17.2 Å². The number of cyclic esters (lactones) is 1. The molecule has 5 rings (SSSR count). The fourth-order valence-corrected chi connectivity index (χ4v) is 6.64. The summed E-state index contributed by atoms with van der Waals surface area (Å²) in [5.74, 6) is 0.629. The number of rotatable bonds is 5. The van der Waals surface area contributed by atoms with Gasteiger partial charge < -0.3 is 14.8 Å². The Morgan fingerprint density at radius 2 is 2.08 bits per heavy atom. The number of hydrogen-bond donors (Lipinski definition) is 1. The molecule has 1 aromatic heterocycles. The van der Waals surface area contributed by atoms with Gasteiger partial charge in [0, 0.05) is 23.7 Å². The minimum absolute atomic E-state index is 0.0679. The van der Waals surface area contributed by atoms with Gasteiger partial charge in [0.05, 0.1) is 18.2 Å². The molecule has 0 unspecified atom stereocenters. The minimum atomic E-state index is -0.368. The maximum atomic E-state index is 13.6. The van der Waals surface area contributed by atoms with Crippen LogP contribution in [0.5, 0.6) is 0 Å². The molecule has 2 heterocycles. The molecule has 0 bridgehead atoms. The third kappa shape index (κ3) is 5.01. The van der Waals surface area contributed by atoms with Crippen molar-refractivity contribution in [3.05, 3.63) is 60.2 Å². The van der Waals surface area contributed by atoms with Gasteiger partial charge in [-0.3, -0.25) is 9.78 Å². The topological polar surface area (TPSA) is 77.5 Å². The molecule has 1 aromatic carbocycles.